The van der Waals surface area contributed by atoms with Gasteiger partial charge in [-0.25, -0.2) is 0 Å². The number of carbonyl (C=O) groups excluding carboxylic acids is 2. The van der Waals surface area contributed by atoms with E-state index < -0.39 is 0 Å². The maximum absolute atomic E-state index is 12.9. The predicted octanol–water partition coefficient (Wildman–Crippen LogP) is 2.55. The smallest absolute Gasteiger partial charge is 0.254 e. The molecule has 7 rings (SSSR count). The summed E-state index contributed by atoms with van der Waals surface area (Å²) in [6.45, 7) is 0. The van der Waals surface area contributed by atoms with Gasteiger partial charge in [0.25, 0.3) is 11.8 Å². The van der Waals surface area contributed by atoms with Crippen molar-refractivity contribution < 1.29 is 9.59 Å². The van der Waals surface area contributed by atoms with Crippen molar-refractivity contribution >= 4 is 28.9 Å². The zero-order valence-electron chi connectivity index (χ0n) is 13.5. The third kappa shape index (κ3) is 1.65. The van der Waals surface area contributed by atoms with Crippen LogP contribution in [0.15, 0.2) is 47.7 Å². The number of hydrogen-bond donors (Lipinski definition) is 1. The maximum atomic E-state index is 12.9. The van der Waals surface area contributed by atoms with Crippen molar-refractivity contribution in [2.24, 2.45) is 40.6 Å². The van der Waals surface area contributed by atoms with Crippen LogP contribution in [-0.4, -0.2) is 28.0 Å². The molecule has 4 aliphatic carbocycles. The number of aromatic amines is 1. The summed E-state index contributed by atoms with van der Waals surface area (Å²) in [6, 6.07) is 7.91. The Hall–Kier alpha value is -2.69. The molecule has 2 heterocycles. The molecule has 1 saturated heterocycles. The Morgan fingerprint density at radius 1 is 1.04 bits per heavy atom. The van der Waals surface area contributed by atoms with Crippen LogP contribution in [0, 0.1) is 35.5 Å². The summed E-state index contributed by atoms with van der Waals surface area (Å²) in [5, 5.41) is 6.47. The van der Waals surface area contributed by atoms with E-state index in [2.05, 4.69) is 22.2 Å². The number of allylic oxidation sites excluding steroid dienone is 2. The second kappa shape index (κ2) is 4.48. The van der Waals surface area contributed by atoms with Crippen LogP contribution in [0.2, 0.25) is 0 Å². The van der Waals surface area contributed by atoms with Crippen molar-refractivity contribution in [3.63, 3.8) is 0 Å². The molecule has 2 bridgehead atoms. The molecule has 1 aromatic heterocycles. The first-order chi connectivity index (χ1) is 12.2. The Labute approximate surface area is 144 Å². The molecule has 0 radical (unpaired) electrons. The number of H-pyrrole nitrogens is 1. The summed E-state index contributed by atoms with van der Waals surface area (Å²) in [6.07, 6.45) is 9.01. The average molecular weight is 331 g/mol. The highest BCUT2D eigenvalue weighted by atomic mass is 16.2. The highest BCUT2D eigenvalue weighted by Gasteiger charge is 2.67. The van der Waals surface area contributed by atoms with Crippen LogP contribution in [0.3, 0.4) is 0 Å². The van der Waals surface area contributed by atoms with Gasteiger partial charge in [-0.3, -0.25) is 9.59 Å². The van der Waals surface area contributed by atoms with Gasteiger partial charge in [-0.15, -0.1) is 0 Å². The number of aromatic nitrogens is 1. The molecule has 2 aromatic rings. The number of hydrazone groups is 1. The van der Waals surface area contributed by atoms with E-state index in [0.29, 0.717) is 11.8 Å². The van der Waals surface area contributed by atoms with Crippen molar-refractivity contribution in [2.45, 2.75) is 6.42 Å². The van der Waals surface area contributed by atoms with Crippen molar-refractivity contribution in [1.29, 1.82) is 0 Å². The van der Waals surface area contributed by atoms with Crippen LogP contribution in [0.25, 0.3) is 10.9 Å². The molecule has 124 valence electrons. The number of amides is 2. The van der Waals surface area contributed by atoms with Crippen LogP contribution in [0.5, 0.6) is 0 Å². The van der Waals surface area contributed by atoms with E-state index in [-0.39, 0.29) is 35.5 Å². The van der Waals surface area contributed by atoms with E-state index >= 15 is 0 Å². The van der Waals surface area contributed by atoms with E-state index in [1.807, 2.05) is 30.5 Å². The van der Waals surface area contributed by atoms with Gasteiger partial charge < -0.3 is 4.98 Å². The first-order valence-electron chi connectivity index (χ1n) is 8.90. The number of para-hydroxylation sites is 1. The van der Waals surface area contributed by atoms with Gasteiger partial charge in [0.1, 0.15) is 0 Å². The molecule has 1 aliphatic heterocycles. The minimum atomic E-state index is -0.189. The SMILES string of the molecule is O=C1[C@H]2[C@@H]3C=C[C@@H]([C@H]4C[C@H]34)[C@@H]2C(=O)N1/N=C\c1c[nH]c2ccccc12. The third-order valence-corrected chi connectivity index (χ3v) is 6.57. The maximum Gasteiger partial charge on any atom is 0.254 e. The van der Waals surface area contributed by atoms with Crippen molar-refractivity contribution in [1.82, 2.24) is 9.99 Å². The van der Waals surface area contributed by atoms with Gasteiger partial charge in [0.05, 0.1) is 18.1 Å². The molecule has 0 spiro atoms. The Morgan fingerprint density at radius 3 is 2.44 bits per heavy atom. The van der Waals surface area contributed by atoms with Crippen LogP contribution < -0.4 is 0 Å². The highest BCUT2D eigenvalue weighted by Crippen LogP contribution is 2.65. The molecule has 1 aromatic carbocycles. The Bertz CT molecular complexity index is 952. The summed E-state index contributed by atoms with van der Waals surface area (Å²) >= 11 is 0. The first-order valence-corrected chi connectivity index (χ1v) is 8.90. The number of nitrogens with zero attached hydrogens (tertiary/aromatic N) is 2. The van der Waals surface area contributed by atoms with Crippen LogP contribution in [0.1, 0.15) is 12.0 Å². The lowest BCUT2D eigenvalue weighted by Crippen LogP contribution is -2.40. The lowest BCUT2D eigenvalue weighted by atomic mass is 9.63. The fourth-order valence-electron chi connectivity index (χ4n) is 5.38. The Kier molecular flexibility index (Phi) is 2.43. The zero-order chi connectivity index (χ0) is 16.7. The standard InChI is InChI=1S/C20H17N3O2/c24-19-17-12-5-6-13(15-7-14(12)15)18(17)20(25)23(19)22-9-10-8-21-16-4-2-1-3-11(10)16/h1-6,8-9,12-15,17-18,21H,7H2/b22-9-/t12-,13+,14-,15-,17+,18+/m1/s1. The third-order valence-electron chi connectivity index (χ3n) is 6.57. The molecular weight excluding hydrogens is 314 g/mol. The number of benzene rings is 1. The van der Waals surface area contributed by atoms with Gasteiger partial charge in [0, 0.05) is 22.7 Å². The van der Waals surface area contributed by atoms with Gasteiger partial charge in [-0.2, -0.15) is 10.1 Å². The lowest BCUT2D eigenvalue weighted by molar-refractivity contribution is -0.140. The number of carbonyl (C=O) groups is 2. The van der Waals surface area contributed by atoms with E-state index in [1.165, 1.54) is 6.42 Å². The van der Waals surface area contributed by atoms with Crippen molar-refractivity contribution in [3.8, 4) is 0 Å². The van der Waals surface area contributed by atoms with Gasteiger partial charge in [0.15, 0.2) is 0 Å². The number of imide groups is 1. The minimum absolute atomic E-state index is 0.115. The highest BCUT2D eigenvalue weighted by molar-refractivity contribution is 6.07. The lowest BCUT2D eigenvalue weighted by Gasteiger charge is -2.37. The number of rotatable bonds is 2. The molecule has 2 saturated carbocycles. The zero-order valence-corrected chi connectivity index (χ0v) is 13.5. The number of fused-ring (bicyclic) bond motifs is 1. The molecule has 0 unspecified atom stereocenters. The molecule has 1 N–H and O–H groups in total. The number of hydrogen-bond acceptors (Lipinski definition) is 3. The fraction of sp³-hybridized carbons (Fsp3) is 0.350. The molecule has 5 aliphatic rings. The summed E-state index contributed by atoms with van der Waals surface area (Å²) in [7, 11) is 0. The first kappa shape index (κ1) is 13.6. The summed E-state index contributed by atoms with van der Waals surface area (Å²) < 4.78 is 0. The molecule has 5 nitrogen and oxygen atoms in total. The van der Waals surface area contributed by atoms with E-state index in [1.54, 1.807) is 6.21 Å². The Morgan fingerprint density at radius 2 is 1.72 bits per heavy atom. The normalized spacial score (nSPS) is 38.0. The second-order valence-corrected chi connectivity index (χ2v) is 7.68. The topological polar surface area (TPSA) is 65.5 Å². The second-order valence-electron chi connectivity index (χ2n) is 7.68. The molecule has 6 atom stereocenters. The largest absolute Gasteiger partial charge is 0.361 e. The average Bonchev–Trinajstić information content (AvgIpc) is 3.31. The Balaban J connectivity index is 1.35. The summed E-state index contributed by atoms with van der Waals surface area (Å²) in [5.74, 6) is 1.11. The predicted molar refractivity (Wildman–Crippen MR) is 92.4 cm³/mol. The van der Waals surface area contributed by atoms with Gasteiger partial charge >= 0.3 is 0 Å². The molecule has 3 fully saturated rings. The quantitative estimate of drug-likeness (QED) is 0.522. The molecular formula is C20H17N3O2. The fourth-order valence-corrected chi connectivity index (χ4v) is 5.38. The summed E-state index contributed by atoms with van der Waals surface area (Å²) in [5.41, 5.74) is 1.90. The van der Waals surface area contributed by atoms with E-state index in [4.69, 9.17) is 0 Å². The molecule has 5 heteroatoms. The molecule has 25 heavy (non-hydrogen) atoms. The van der Waals surface area contributed by atoms with Crippen LogP contribution in [0.4, 0.5) is 0 Å². The van der Waals surface area contributed by atoms with E-state index in [0.717, 1.165) is 21.5 Å². The van der Waals surface area contributed by atoms with Crippen molar-refractivity contribution in [3.05, 3.63) is 48.2 Å². The van der Waals surface area contributed by atoms with Gasteiger partial charge in [-0.1, -0.05) is 30.4 Å². The van der Waals surface area contributed by atoms with Crippen LogP contribution >= 0.6 is 0 Å². The van der Waals surface area contributed by atoms with Gasteiger partial charge in [0.2, 0.25) is 0 Å². The molecule has 2 amide bonds. The number of nitrogens with one attached hydrogen (secondary N) is 1. The monoisotopic (exact) mass is 331 g/mol. The minimum Gasteiger partial charge on any atom is -0.361 e. The van der Waals surface area contributed by atoms with Gasteiger partial charge in [-0.05, 0) is 36.2 Å². The summed E-state index contributed by atoms with van der Waals surface area (Å²) in [4.78, 5) is 28.9. The van der Waals surface area contributed by atoms with E-state index in [9.17, 15) is 9.59 Å². The van der Waals surface area contributed by atoms with Crippen LogP contribution in [-0.2, 0) is 9.59 Å². The van der Waals surface area contributed by atoms with Crippen molar-refractivity contribution in [2.75, 3.05) is 0 Å².